The SMILES string of the molecule is CCOC(=O)C1(C(=O)OCC)C[C@](C(=O)OC)(c2ccccc2[N+](=O)[O-])[C@@H](c2ccc(C)cc2)N1. The molecule has 2 atom stereocenters. The smallest absolute Gasteiger partial charge is 0.338 e. The van der Waals surface area contributed by atoms with Crippen LogP contribution in [0.15, 0.2) is 48.5 Å². The molecule has 10 nitrogen and oxygen atoms in total. The normalized spacial score (nSPS) is 20.6. The van der Waals surface area contributed by atoms with E-state index >= 15 is 0 Å². The van der Waals surface area contributed by atoms with Gasteiger partial charge in [-0.3, -0.25) is 20.2 Å². The van der Waals surface area contributed by atoms with Crippen molar-refractivity contribution in [2.24, 2.45) is 0 Å². The molecule has 35 heavy (non-hydrogen) atoms. The number of benzene rings is 2. The Morgan fingerprint density at radius 3 is 2.09 bits per heavy atom. The fourth-order valence-electron chi connectivity index (χ4n) is 4.66. The lowest BCUT2D eigenvalue weighted by Crippen LogP contribution is -2.56. The Morgan fingerprint density at radius 2 is 1.57 bits per heavy atom. The van der Waals surface area contributed by atoms with Crippen LogP contribution in [0.5, 0.6) is 0 Å². The number of esters is 3. The van der Waals surface area contributed by atoms with Gasteiger partial charge >= 0.3 is 17.9 Å². The van der Waals surface area contributed by atoms with Crippen LogP contribution in [-0.2, 0) is 34.0 Å². The molecule has 0 aromatic heterocycles. The van der Waals surface area contributed by atoms with Gasteiger partial charge in [0.15, 0.2) is 0 Å². The van der Waals surface area contributed by atoms with E-state index in [2.05, 4.69) is 5.32 Å². The van der Waals surface area contributed by atoms with Crippen LogP contribution >= 0.6 is 0 Å². The highest BCUT2D eigenvalue weighted by molar-refractivity contribution is 6.07. The highest BCUT2D eigenvalue weighted by Gasteiger charge is 2.69. The van der Waals surface area contributed by atoms with Crippen LogP contribution in [0.1, 0.15) is 43.0 Å². The Balaban J connectivity index is 2.40. The van der Waals surface area contributed by atoms with Gasteiger partial charge in [-0.15, -0.1) is 0 Å². The summed E-state index contributed by atoms with van der Waals surface area (Å²) in [6.07, 6.45) is -0.506. The van der Waals surface area contributed by atoms with Crippen LogP contribution < -0.4 is 5.32 Å². The van der Waals surface area contributed by atoms with Crippen molar-refractivity contribution in [1.29, 1.82) is 0 Å². The van der Waals surface area contributed by atoms with Crippen molar-refractivity contribution in [2.45, 2.75) is 44.2 Å². The molecule has 0 unspecified atom stereocenters. The third-order valence-electron chi connectivity index (χ3n) is 6.22. The fourth-order valence-corrected chi connectivity index (χ4v) is 4.66. The van der Waals surface area contributed by atoms with Crippen molar-refractivity contribution in [1.82, 2.24) is 5.32 Å². The Morgan fingerprint density at radius 1 is 1.00 bits per heavy atom. The van der Waals surface area contributed by atoms with Crippen molar-refractivity contribution in [3.63, 3.8) is 0 Å². The maximum Gasteiger partial charge on any atom is 0.338 e. The molecule has 2 aromatic carbocycles. The van der Waals surface area contributed by atoms with Gasteiger partial charge in [0, 0.05) is 18.1 Å². The van der Waals surface area contributed by atoms with Gasteiger partial charge < -0.3 is 14.2 Å². The average Bonchev–Trinajstić information content (AvgIpc) is 3.23. The Bertz CT molecular complexity index is 1110. The summed E-state index contributed by atoms with van der Waals surface area (Å²) < 4.78 is 15.6. The van der Waals surface area contributed by atoms with Crippen molar-refractivity contribution < 1.29 is 33.5 Å². The van der Waals surface area contributed by atoms with Crippen molar-refractivity contribution in [2.75, 3.05) is 20.3 Å². The molecule has 0 radical (unpaired) electrons. The van der Waals surface area contributed by atoms with Gasteiger partial charge in [-0.25, -0.2) is 9.59 Å². The zero-order valence-electron chi connectivity index (χ0n) is 20.0. The monoisotopic (exact) mass is 484 g/mol. The number of carbonyl (C=O) groups excluding carboxylic acids is 3. The van der Waals surface area contributed by atoms with Gasteiger partial charge in [-0.2, -0.15) is 0 Å². The molecule has 0 bridgehead atoms. The number of hydrogen-bond donors (Lipinski definition) is 1. The molecular formula is C25H28N2O8. The van der Waals surface area contributed by atoms with Gasteiger partial charge in [0.1, 0.15) is 5.41 Å². The summed E-state index contributed by atoms with van der Waals surface area (Å²) in [4.78, 5) is 51.6. The lowest BCUT2D eigenvalue weighted by Gasteiger charge is -2.32. The number of methoxy groups -OCH3 is 1. The van der Waals surface area contributed by atoms with E-state index in [0.29, 0.717) is 5.56 Å². The predicted octanol–water partition coefficient (Wildman–Crippen LogP) is 2.91. The Hall–Kier alpha value is -3.79. The van der Waals surface area contributed by atoms with Crippen LogP contribution in [0.25, 0.3) is 0 Å². The molecular weight excluding hydrogens is 456 g/mol. The van der Waals surface area contributed by atoms with E-state index in [4.69, 9.17) is 14.2 Å². The first-order valence-corrected chi connectivity index (χ1v) is 11.2. The first-order chi connectivity index (χ1) is 16.7. The fraction of sp³-hybridized carbons (Fsp3) is 0.400. The quantitative estimate of drug-likeness (QED) is 0.197. The van der Waals surface area contributed by atoms with E-state index in [-0.39, 0.29) is 24.5 Å². The first kappa shape index (κ1) is 25.8. The van der Waals surface area contributed by atoms with E-state index in [9.17, 15) is 24.5 Å². The molecule has 1 heterocycles. The van der Waals surface area contributed by atoms with Crippen molar-refractivity contribution >= 4 is 23.6 Å². The minimum atomic E-state index is -2.11. The second-order valence-corrected chi connectivity index (χ2v) is 8.25. The minimum Gasteiger partial charge on any atom is -0.468 e. The van der Waals surface area contributed by atoms with E-state index in [1.54, 1.807) is 44.2 Å². The second-order valence-electron chi connectivity index (χ2n) is 8.25. The molecule has 0 aliphatic carbocycles. The Kier molecular flexibility index (Phi) is 7.54. The summed E-state index contributed by atoms with van der Waals surface area (Å²) in [5.41, 5.74) is -2.84. The first-order valence-electron chi connectivity index (χ1n) is 11.2. The highest BCUT2D eigenvalue weighted by Crippen LogP contribution is 2.53. The zero-order chi connectivity index (χ0) is 25.8. The number of nitrogens with zero attached hydrogens (tertiary/aromatic N) is 1. The average molecular weight is 485 g/mol. The van der Waals surface area contributed by atoms with E-state index in [1.165, 1.54) is 18.2 Å². The molecule has 1 aliphatic heterocycles. The van der Waals surface area contributed by atoms with Crippen LogP contribution in [0.2, 0.25) is 0 Å². The van der Waals surface area contributed by atoms with Crippen molar-refractivity contribution in [3.05, 3.63) is 75.3 Å². The van der Waals surface area contributed by atoms with E-state index in [0.717, 1.165) is 12.7 Å². The van der Waals surface area contributed by atoms with Gasteiger partial charge in [0.25, 0.3) is 5.69 Å². The maximum atomic E-state index is 13.6. The lowest BCUT2D eigenvalue weighted by atomic mass is 9.69. The number of nitro groups is 1. The number of para-hydroxylation sites is 1. The number of nitro benzene ring substituents is 1. The maximum absolute atomic E-state index is 13.6. The summed E-state index contributed by atoms with van der Waals surface area (Å²) in [5.74, 6) is -2.74. The number of carbonyl (C=O) groups is 3. The molecule has 1 N–H and O–H groups in total. The third kappa shape index (κ3) is 4.37. The molecule has 2 aromatic rings. The minimum absolute atomic E-state index is 0.00500. The molecule has 1 fully saturated rings. The van der Waals surface area contributed by atoms with E-state index in [1.807, 2.05) is 6.92 Å². The largest absolute Gasteiger partial charge is 0.468 e. The number of rotatable bonds is 8. The number of ether oxygens (including phenoxy) is 3. The predicted molar refractivity (Wildman–Crippen MR) is 124 cm³/mol. The van der Waals surface area contributed by atoms with Gasteiger partial charge in [-0.1, -0.05) is 48.0 Å². The summed E-state index contributed by atoms with van der Waals surface area (Å²) in [6, 6.07) is 11.7. The molecule has 186 valence electrons. The van der Waals surface area contributed by atoms with Crippen molar-refractivity contribution in [3.8, 4) is 0 Å². The van der Waals surface area contributed by atoms with Gasteiger partial charge in [0.05, 0.1) is 31.3 Å². The number of nitrogens with one attached hydrogen (secondary N) is 1. The van der Waals surface area contributed by atoms with Gasteiger partial charge in [-0.05, 0) is 26.3 Å². The lowest BCUT2D eigenvalue weighted by molar-refractivity contribution is -0.386. The summed E-state index contributed by atoms with van der Waals surface area (Å²) in [5, 5.41) is 15.0. The molecule has 1 saturated heterocycles. The number of hydrogen-bond acceptors (Lipinski definition) is 9. The molecule has 0 spiro atoms. The topological polar surface area (TPSA) is 134 Å². The van der Waals surface area contributed by atoms with Crippen LogP contribution in [-0.4, -0.2) is 48.7 Å². The molecule has 0 amide bonds. The van der Waals surface area contributed by atoms with Gasteiger partial charge in [0.2, 0.25) is 5.54 Å². The van der Waals surface area contributed by atoms with E-state index < -0.39 is 46.2 Å². The van der Waals surface area contributed by atoms with Crippen LogP contribution in [0.3, 0.4) is 0 Å². The molecule has 10 heteroatoms. The zero-order valence-corrected chi connectivity index (χ0v) is 20.0. The van der Waals surface area contributed by atoms with Crippen LogP contribution in [0.4, 0.5) is 5.69 Å². The Labute approximate surface area is 202 Å². The molecule has 1 aliphatic rings. The summed E-state index contributed by atoms with van der Waals surface area (Å²) >= 11 is 0. The highest BCUT2D eigenvalue weighted by atomic mass is 16.6. The standard InChI is InChI=1S/C25H28N2O8/c1-5-34-22(29)25(23(30)35-6-2)15-24(21(28)33-4,18-9-7-8-10-19(18)27(31)32)20(26-25)17-13-11-16(3)12-14-17/h7-14,20,26H,5-6,15H2,1-4H3/t20-,24+/m1/s1. The summed E-state index contributed by atoms with van der Waals surface area (Å²) in [6.45, 7) is 4.97. The molecule has 0 saturated carbocycles. The third-order valence-corrected chi connectivity index (χ3v) is 6.22. The second kappa shape index (κ2) is 10.2. The number of aryl methyl sites for hydroxylation is 1. The molecule has 3 rings (SSSR count). The summed E-state index contributed by atoms with van der Waals surface area (Å²) in [7, 11) is 1.15. The van der Waals surface area contributed by atoms with Crippen LogP contribution in [0, 0.1) is 17.0 Å².